The molecule has 1 aromatic carbocycles. The van der Waals surface area contributed by atoms with Crippen molar-refractivity contribution in [1.29, 1.82) is 0 Å². The Labute approximate surface area is 126 Å². The van der Waals surface area contributed by atoms with Crippen LogP contribution in [0, 0.1) is 5.92 Å². The number of carbonyl (C=O) groups excluding carboxylic acids is 2. The average molecular weight is 337 g/mol. The van der Waals surface area contributed by atoms with Crippen molar-refractivity contribution in [2.24, 2.45) is 5.92 Å². The summed E-state index contributed by atoms with van der Waals surface area (Å²) >= 11 is 3.33. The van der Waals surface area contributed by atoms with Gasteiger partial charge in [-0.1, -0.05) is 22.0 Å². The van der Waals surface area contributed by atoms with Crippen molar-refractivity contribution in [3.8, 4) is 0 Å². The lowest BCUT2D eigenvalue weighted by Crippen LogP contribution is -2.26. The fourth-order valence-corrected chi connectivity index (χ4v) is 1.89. The summed E-state index contributed by atoms with van der Waals surface area (Å²) in [5, 5.41) is 5.47. The summed E-state index contributed by atoms with van der Waals surface area (Å²) in [6.07, 6.45) is 6.11. The normalized spacial score (nSPS) is 14.2. The summed E-state index contributed by atoms with van der Waals surface area (Å²) in [6, 6.07) is 7.36. The highest BCUT2D eigenvalue weighted by molar-refractivity contribution is 9.10. The van der Waals surface area contributed by atoms with E-state index in [9.17, 15) is 9.59 Å². The van der Waals surface area contributed by atoms with E-state index in [0.29, 0.717) is 12.5 Å². The summed E-state index contributed by atoms with van der Waals surface area (Å²) in [5.74, 6) is 0.341. The molecule has 0 aliphatic heterocycles. The SMILES string of the molecule is O=C(C=CC1CC1)NCCC(=O)Nc1ccc(Br)cc1. The van der Waals surface area contributed by atoms with Crippen LogP contribution in [0.3, 0.4) is 0 Å². The fourth-order valence-electron chi connectivity index (χ4n) is 1.63. The van der Waals surface area contributed by atoms with Crippen LogP contribution in [-0.4, -0.2) is 18.4 Å². The van der Waals surface area contributed by atoms with Crippen molar-refractivity contribution < 1.29 is 9.59 Å². The minimum Gasteiger partial charge on any atom is -0.352 e. The molecule has 5 heteroatoms. The number of hydrogen-bond acceptors (Lipinski definition) is 2. The van der Waals surface area contributed by atoms with Crippen molar-refractivity contribution in [3.05, 3.63) is 40.9 Å². The Morgan fingerprint density at radius 3 is 2.60 bits per heavy atom. The molecule has 1 saturated carbocycles. The zero-order valence-electron chi connectivity index (χ0n) is 11.1. The topological polar surface area (TPSA) is 58.2 Å². The molecule has 4 nitrogen and oxygen atoms in total. The maximum atomic E-state index is 11.7. The average Bonchev–Trinajstić information content (AvgIpc) is 3.23. The number of benzene rings is 1. The monoisotopic (exact) mass is 336 g/mol. The van der Waals surface area contributed by atoms with Crippen molar-refractivity contribution in [1.82, 2.24) is 5.32 Å². The number of hydrogen-bond donors (Lipinski definition) is 2. The summed E-state index contributed by atoms with van der Waals surface area (Å²) < 4.78 is 0.963. The molecule has 106 valence electrons. The summed E-state index contributed by atoms with van der Waals surface area (Å²) in [4.78, 5) is 23.1. The minimum atomic E-state index is -0.131. The zero-order chi connectivity index (χ0) is 14.4. The standard InChI is InChI=1S/C15H17BrN2O2/c16-12-4-6-13(7-5-12)18-15(20)9-10-17-14(19)8-3-11-1-2-11/h3-8,11H,1-2,9-10H2,(H,17,19)(H,18,20). The van der Waals surface area contributed by atoms with Gasteiger partial charge in [-0.2, -0.15) is 0 Å². The van der Waals surface area contributed by atoms with E-state index in [1.54, 1.807) is 6.08 Å². The third-order valence-electron chi connectivity index (χ3n) is 2.92. The van der Waals surface area contributed by atoms with Crippen LogP contribution < -0.4 is 10.6 Å². The van der Waals surface area contributed by atoms with Gasteiger partial charge < -0.3 is 10.6 Å². The summed E-state index contributed by atoms with van der Waals surface area (Å²) in [7, 11) is 0. The molecule has 1 aromatic rings. The largest absolute Gasteiger partial charge is 0.352 e. The molecule has 0 saturated heterocycles. The van der Waals surface area contributed by atoms with E-state index in [1.165, 1.54) is 12.8 Å². The number of anilines is 1. The third kappa shape index (κ3) is 5.57. The quantitative estimate of drug-likeness (QED) is 0.785. The van der Waals surface area contributed by atoms with Crippen molar-refractivity contribution in [3.63, 3.8) is 0 Å². The third-order valence-corrected chi connectivity index (χ3v) is 3.45. The molecule has 0 bridgehead atoms. The lowest BCUT2D eigenvalue weighted by atomic mass is 10.3. The summed E-state index contributed by atoms with van der Waals surface area (Å²) in [6.45, 7) is 0.343. The number of carbonyl (C=O) groups is 2. The molecule has 2 N–H and O–H groups in total. The second-order valence-corrected chi connectivity index (χ2v) is 5.71. The van der Waals surface area contributed by atoms with E-state index >= 15 is 0 Å². The molecule has 0 heterocycles. The van der Waals surface area contributed by atoms with Gasteiger partial charge in [-0.05, 0) is 49.1 Å². The number of amides is 2. The second-order valence-electron chi connectivity index (χ2n) is 4.79. The predicted molar refractivity (Wildman–Crippen MR) is 82.3 cm³/mol. The molecular weight excluding hydrogens is 320 g/mol. The van der Waals surface area contributed by atoms with Gasteiger partial charge in [0.05, 0.1) is 0 Å². The molecule has 1 aliphatic carbocycles. The van der Waals surface area contributed by atoms with E-state index < -0.39 is 0 Å². The molecule has 2 rings (SSSR count). The highest BCUT2D eigenvalue weighted by atomic mass is 79.9. The van der Waals surface area contributed by atoms with Gasteiger partial charge in [-0.25, -0.2) is 0 Å². The van der Waals surface area contributed by atoms with E-state index in [1.807, 2.05) is 30.3 Å². The van der Waals surface area contributed by atoms with Crippen LogP contribution in [0.1, 0.15) is 19.3 Å². The Balaban J connectivity index is 1.64. The lowest BCUT2D eigenvalue weighted by molar-refractivity contribution is -0.117. The van der Waals surface area contributed by atoms with E-state index in [-0.39, 0.29) is 18.2 Å². The Morgan fingerprint density at radius 2 is 1.95 bits per heavy atom. The molecule has 1 fully saturated rings. The van der Waals surface area contributed by atoms with E-state index in [2.05, 4.69) is 26.6 Å². The predicted octanol–water partition coefficient (Wildman–Crippen LogP) is 2.86. The first-order chi connectivity index (χ1) is 9.63. The number of nitrogens with one attached hydrogen (secondary N) is 2. The molecule has 0 spiro atoms. The molecule has 0 atom stereocenters. The van der Waals surface area contributed by atoms with Gasteiger partial charge in [-0.3, -0.25) is 9.59 Å². The van der Waals surface area contributed by atoms with Gasteiger partial charge in [0.15, 0.2) is 0 Å². The second kappa shape index (κ2) is 7.24. The van der Waals surface area contributed by atoms with Gasteiger partial charge in [-0.15, -0.1) is 0 Å². The maximum Gasteiger partial charge on any atom is 0.243 e. The molecule has 0 radical (unpaired) electrons. The van der Waals surface area contributed by atoms with Gasteiger partial charge in [0.25, 0.3) is 0 Å². The molecule has 2 amide bonds. The number of rotatable bonds is 6. The van der Waals surface area contributed by atoms with E-state index in [0.717, 1.165) is 10.2 Å². The smallest absolute Gasteiger partial charge is 0.243 e. The highest BCUT2D eigenvalue weighted by Gasteiger charge is 2.17. The Bertz CT molecular complexity index is 507. The Hall–Kier alpha value is -1.62. The fraction of sp³-hybridized carbons (Fsp3) is 0.333. The maximum absolute atomic E-state index is 11.7. The first-order valence-corrected chi connectivity index (χ1v) is 7.44. The van der Waals surface area contributed by atoms with Crippen LogP contribution in [-0.2, 0) is 9.59 Å². The van der Waals surface area contributed by atoms with E-state index in [4.69, 9.17) is 0 Å². The van der Waals surface area contributed by atoms with Crippen LogP contribution >= 0.6 is 15.9 Å². The van der Waals surface area contributed by atoms with Gasteiger partial charge in [0.2, 0.25) is 11.8 Å². The first-order valence-electron chi connectivity index (χ1n) is 6.65. The number of halogens is 1. The summed E-state index contributed by atoms with van der Waals surface area (Å²) in [5.41, 5.74) is 0.748. The first kappa shape index (κ1) is 14.8. The number of allylic oxidation sites excluding steroid dienone is 1. The molecule has 0 aromatic heterocycles. The van der Waals surface area contributed by atoms with Gasteiger partial charge in [0.1, 0.15) is 0 Å². The lowest BCUT2D eigenvalue weighted by Gasteiger charge is -2.05. The molecule has 20 heavy (non-hydrogen) atoms. The van der Waals surface area contributed by atoms with Crippen LogP contribution in [0.15, 0.2) is 40.9 Å². The highest BCUT2D eigenvalue weighted by Crippen LogP contribution is 2.29. The van der Waals surface area contributed by atoms with Crippen LogP contribution in [0.25, 0.3) is 0 Å². The minimum absolute atomic E-state index is 0.112. The Morgan fingerprint density at radius 1 is 1.25 bits per heavy atom. The molecule has 1 aliphatic rings. The van der Waals surface area contributed by atoms with Crippen LogP contribution in [0.2, 0.25) is 0 Å². The van der Waals surface area contributed by atoms with Crippen molar-refractivity contribution in [2.75, 3.05) is 11.9 Å². The molecular formula is C15H17BrN2O2. The van der Waals surface area contributed by atoms with Crippen molar-refractivity contribution >= 4 is 33.4 Å². The zero-order valence-corrected chi connectivity index (χ0v) is 12.7. The van der Waals surface area contributed by atoms with Crippen molar-refractivity contribution in [2.45, 2.75) is 19.3 Å². The van der Waals surface area contributed by atoms with Gasteiger partial charge >= 0.3 is 0 Å². The van der Waals surface area contributed by atoms with Crippen LogP contribution in [0.4, 0.5) is 5.69 Å². The molecule has 0 unspecified atom stereocenters. The Kier molecular flexibility index (Phi) is 5.35. The van der Waals surface area contributed by atoms with Crippen LogP contribution in [0.5, 0.6) is 0 Å². The van der Waals surface area contributed by atoms with Gasteiger partial charge in [0, 0.05) is 23.1 Å².